The summed E-state index contributed by atoms with van der Waals surface area (Å²) in [6.07, 6.45) is 0. The maximum atomic E-state index is 13.5. The van der Waals surface area contributed by atoms with Crippen LogP contribution >= 0.6 is 0 Å². The summed E-state index contributed by atoms with van der Waals surface area (Å²) in [5.74, 6) is 1.20. The van der Waals surface area contributed by atoms with E-state index >= 15 is 0 Å². The average molecular weight is 289 g/mol. The van der Waals surface area contributed by atoms with Crippen LogP contribution in [0.25, 0.3) is 11.1 Å². The van der Waals surface area contributed by atoms with E-state index in [9.17, 15) is 4.39 Å². The fraction of sp³-hybridized carbons (Fsp3) is 0.294. The van der Waals surface area contributed by atoms with Crippen molar-refractivity contribution in [2.45, 2.75) is 13.5 Å². The van der Waals surface area contributed by atoms with Crippen molar-refractivity contribution in [1.82, 2.24) is 5.32 Å². The molecular weight excluding hydrogens is 269 g/mol. The van der Waals surface area contributed by atoms with Gasteiger partial charge in [0.1, 0.15) is 17.3 Å². The Morgan fingerprint density at radius 2 is 1.76 bits per heavy atom. The van der Waals surface area contributed by atoms with E-state index < -0.39 is 0 Å². The van der Waals surface area contributed by atoms with Crippen molar-refractivity contribution in [3.8, 4) is 22.6 Å². The molecule has 112 valence electrons. The molecule has 2 aromatic rings. The van der Waals surface area contributed by atoms with Crippen LogP contribution < -0.4 is 14.8 Å². The van der Waals surface area contributed by atoms with E-state index in [1.807, 2.05) is 25.1 Å². The van der Waals surface area contributed by atoms with Crippen molar-refractivity contribution < 1.29 is 13.9 Å². The average Bonchev–Trinajstić information content (AvgIpc) is 2.52. The first-order chi connectivity index (χ1) is 10.2. The molecule has 21 heavy (non-hydrogen) atoms. The Morgan fingerprint density at radius 1 is 1.00 bits per heavy atom. The van der Waals surface area contributed by atoms with E-state index in [-0.39, 0.29) is 5.82 Å². The van der Waals surface area contributed by atoms with Gasteiger partial charge in [0.15, 0.2) is 0 Å². The van der Waals surface area contributed by atoms with Crippen LogP contribution in [0.3, 0.4) is 0 Å². The van der Waals surface area contributed by atoms with E-state index in [0.29, 0.717) is 12.3 Å². The lowest BCUT2D eigenvalue weighted by atomic mass is 9.98. The molecule has 4 heteroatoms. The number of benzene rings is 2. The van der Waals surface area contributed by atoms with Crippen LogP contribution in [0.2, 0.25) is 0 Å². The number of hydrogen-bond donors (Lipinski definition) is 1. The van der Waals surface area contributed by atoms with Crippen LogP contribution in [-0.4, -0.2) is 20.8 Å². The van der Waals surface area contributed by atoms with Crippen molar-refractivity contribution >= 4 is 0 Å². The second-order valence-corrected chi connectivity index (χ2v) is 4.65. The van der Waals surface area contributed by atoms with Gasteiger partial charge < -0.3 is 14.8 Å². The van der Waals surface area contributed by atoms with Crippen molar-refractivity contribution in [2.75, 3.05) is 20.8 Å². The standard InChI is InChI=1S/C17H20FNO2/c1-4-19-11-12-9-13(18)5-7-15(12)16-8-6-14(20-2)10-17(16)21-3/h5-10,19H,4,11H2,1-3H3. The highest BCUT2D eigenvalue weighted by Crippen LogP contribution is 2.35. The third kappa shape index (κ3) is 3.52. The molecule has 3 nitrogen and oxygen atoms in total. The van der Waals surface area contributed by atoms with Crippen LogP contribution in [0, 0.1) is 5.82 Å². The number of ether oxygens (including phenoxy) is 2. The SMILES string of the molecule is CCNCc1cc(F)ccc1-c1ccc(OC)cc1OC. The fourth-order valence-corrected chi connectivity index (χ4v) is 2.25. The lowest BCUT2D eigenvalue weighted by Crippen LogP contribution is -2.12. The molecule has 0 saturated carbocycles. The largest absolute Gasteiger partial charge is 0.497 e. The molecule has 2 rings (SSSR count). The van der Waals surface area contributed by atoms with Gasteiger partial charge in [-0.1, -0.05) is 13.0 Å². The highest BCUT2D eigenvalue weighted by atomic mass is 19.1. The van der Waals surface area contributed by atoms with Gasteiger partial charge in [0.05, 0.1) is 14.2 Å². The van der Waals surface area contributed by atoms with Gasteiger partial charge in [-0.15, -0.1) is 0 Å². The van der Waals surface area contributed by atoms with Gasteiger partial charge in [0.25, 0.3) is 0 Å². The minimum atomic E-state index is -0.237. The molecule has 0 heterocycles. The predicted octanol–water partition coefficient (Wildman–Crippen LogP) is 3.62. The Kier molecular flexibility index (Phi) is 5.17. The molecule has 2 aromatic carbocycles. The minimum Gasteiger partial charge on any atom is -0.497 e. The van der Waals surface area contributed by atoms with E-state index in [0.717, 1.165) is 29.0 Å². The van der Waals surface area contributed by atoms with Crippen molar-refractivity contribution in [3.63, 3.8) is 0 Å². The Morgan fingerprint density at radius 3 is 2.43 bits per heavy atom. The summed E-state index contributed by atoms with van der Waals surface area (Å²) < 4.78 is 24.2. The molecule has 1 N–H and O–H groups in total. The number of methoxy groups -OCH3 is 2. The first-order valence-electron chi connectivity index (χ1n) is 6.91. The van der Waals surface area contributed by atoms with Crippen molar-refractivity contribution in [2.24, 2.45) is 0 Å². The van der Waals surface area contributed by atoms with Gasteiger partial charge in [-0.25, -0.2) is 4.39 Å². The van der Waals surface area contributed by atoms with Crippen LogP contribution in [0.15, 0.2) is 36.4 Å². The summed E-state index contributed by atoms with van der Waals surface area (Å²) in [7, 11) is 3.23. The van der Waals surface area contributed by atoms with Crippen LogP contribution in [0.4, 0.5) is 4.39 Å². The van der Waals surface area contributed by atoms with Gasteiger partial charge >= 0.3 is 0 Å². The molecule has 0 bridgehead atoms. The van der Waals surface area contributed by atoms with E-state index in [1.165, 1.54) is 6.07 Å². The summed E-state index contributed by atoms with van der Waals surface area (Å²) >= 11 is 0. The molecule has 0 aliphatic rings. The van der Waals surface area contributed by atoms with Gasteiger partial charge in [-0.2, -0.15) is 0 Å². The lowest BCUT2D eigenvalue weighted by molar-refractivity contribution is 0.395. The summed E-state index contributed by atoms with van der Waals surface area (Å²) in [4.78, 5) is 0. The maximum Gasteiger partial charge on any atom is 0.130 e. The van der Waals surface area contributed by atoms with E-state index in [4.69, 9.17) is 9.47 Å². The smallest absolute Gasteiger partial charge is 0.130 e. The quantitative estimate of drug-likeness (QED) is 0.881. The second kappa shape index (κ2) is 7.09. The monoisotopic (exact) mass is 289 g/mol. The molecule has 0 unspecified atom stereocenters. The highest BCUT2D eigenvalue weighted by Gasteiger charge is 2.12. The minimum absolute atomic E-state index is 0.237. The predicted molar refractivity (Wildman–Crippen MR) is 82.3 cm³/mol. The second-order valence-electron chi connectivity index (χ2n) is 4.65. The highest BCUT2D eigenvalue weighted by molar-refractivity contribution is 5.74. The number of nitrogens with one attached hydrogen (secondary N) is 1. The molecule has 0 saturated heterocycles. The van der Waals surface area contributed by atoms with E-state index in [2.05, 4.69) is 5.32 Å². The third-order valence-electron chi connectivity index (χ3n) is 3.33. The third-order valence-corrected chi connectivity index (χ3v) is 3.33. The van der Waals surface area contributed by atoms with Gasteiger partial charge in [0, 0.05) is 18.2 Å². The molecular formula is C17H20FNO2. The Bertz CT molecular complexity index is 614. The summed E-state index contributed by atoms with van der Waals surface area (Å²) in [6, 6.07) is 10.4. The van der Waals surface area contributed by atoms with Crippen LogP contribution in [0.1, 0.15) is 12.5 Å². The number of rotatable bonds is 6. The van der Waals surface area contributed by atoms with Crippen LogP contribution in [-0.2, 0) is 6.54 Å². The summed E-state index contributed by atoms with van der Waals surface area (Å²) in [5, 5.41) is 3.23. The molecule has 0 radical (unpaired) electrons. The normalized spacial score (nSPS) is 10.5. The molecule has 0 atom stereocenters. The van der Waals surface area contributed by atoms with Crippen molar-refractivity contribution in [1.29, 1.82) is 0 Å². The molecule has 0 aromatic heterocycles. The summed E-state index contributed by atoms with van der Waals surface area (Å²) in [6.45, 7) is 3.46. The Labute approximate surface area is 124 Å². The zero-order valence-electron chi connectivity index (χ0n) is 12.6. The van der Waals surface area contributed by atoms with Crippen molar-refractivity contribution in [3.05, 3.63) is 47.8 Å². The zero-order valence-corrected chi connectivity index (χ0v) is 12.6. The molecule has 0 fully saturated rings. The molecule has 0 spiro atoms. The first kappa shape index (κ1) is 15.3. The maximum absolute atomic E-state index is 13.5. The topological polar surface area (TPSA) is 30.5 Å². The van der Waals surface area contributed by atoms with Gasteiger partial charge in [-0.05, 0) is 41.9 Å². The number of hydrogen-bond acceptors (Lipinski definition) is 3. The Hall–Kier alpha value is -2.07. The first-order valence-corrected chi connectivity index (χ1v) is 6.91. The van der Waals surface area contributed by atoms with Gasteiger partial charge in [-0.3, -0.25) is 0 Å². The molecule has 0 aliphatic carbocycles. The fourth-order valence-electron chi connectivity index (χ4n) is 2.25. The van der Waals surface area contributed by atoms with E-state index in [1.54, 1.807) is 26.4 Å². The lowest BCUT2D eigenvalue weighted by Gasteiger charge is -2.14. The van der Waals surface area contributed by atoms with Gasteiger partial charge in [0.2, 0.25) is 0 Å². The zero-order chi connectivity index (χ0) is 15.2. The molecule has 0 aliphatic heterocycles. The Balaban J connectivity index is 2.50. The van der Waals surface area contributed by atoms with Crippen LogP contribution in [0.5, 0.6) is 11.5 Å². The number of halogens is 1. The summed E-state index contributed by atoms with van der Waals surface area (Å²) in [5.41, 5.74) is 2.78. The molecule has 0 amide bonds.